The van der Waals surface area contributed by atoms with E-state index >= 15 is 0 Å². The number of nitrogens with zero attached hydrogens (tertiary/aromatic N) is 6. The predicted molar refractivity (Wildman–Crippen MR) is 121 cm³/mol. The first kappa shape index (κ1) is 23.6. The number of aromatic nitrogens is 5. The van der Waals surface area contributed by atoms with Crippen molar-refractivity contribution in [3.8, 4) is 10.7 Å². The number of halogens is 3. The van der Waals surface area contributed by atoms with Crippen LogP contribution in [0.4, 0.5) is 24.9 Å². The van der Waals surface area contributed by atoms with Crippen molar-refractivity contribution in [3.05, 3.63) is 35.6 Å². The van der Waals surface area contributed by atoms with Crippen LogP contribution in [0, 0.1) is 5.92 Å². The summed E-state index contributed by atoms with van der Waals surface area (Å²) in [6, 6.07) is 1.23. The first-order valence-electron chi connectivity index (χ1n) is 10.9. The van der Waals surface area contributed by atoms with Crippen LogP contribution in [0.3, 0.4) is 0 Å². The third-order valence-electron chi connectivity index (χ3n) is 6.55. The summed E-state index contributed by atoms with van der Waals surface area (Å²) >= 11 is 1.37. The van der Waals surface area contributed by atoms with E-state index in [1.165, 1.54) is 11.3 Å². The zero-order valence-electron chi connectivity index (χ0n) is 18.8. The smallest absolute Gasteiger partial charge is 0.380 e. The van der Waals surface area contributed by atoms with Gasteiger partial charge < -0.3 is 20.6 Å². The summed E-state index contributed by atoms with van der Waals surface area (Å²) < 4.78 is 41.6. The van der Waals surface area contributed by atoms with Gasteiger partial charge in [-0.3, -0.25) is 9.48 Å². The molecule has 3 aromatic heterocycles. The van der Waals surface area contributed by atoms with Gasteiger partial charge in [-0.15, -0.1) is 11.3 Å². The summed E-state index contributed by atoms with van der Waals surface area (Å²) in [5.41, 5.74) is -0.780. The molecular weight excluding hydrogens is 485 g/mol. The number of aryl methyl sites for hydroxylation is 1. The number of anilines is 2. The molecular formula is C21H23F3N8O2S. The van der Waals surface area contributed by atoms with E-state index in [0.717, 1.165) is 7.05 Å². The summed E-state index contributed by atoms with van der Waals surface area (Å²) in [4.78, 5) is 26.5. The molecule has 5 heterocycles. The Bertz CT molecular complexity index is 1250. The molecule has 0 radical (unpaired) electrons. The first-order chi connectivity index (χ1) is 16.5. The number of nitrogens with one attached hydrogen (secondary N) is 2. The van der Waals surface area contributed by atoms with Crippen molar-refractivity contribution in [3.63, 3.8) is 0 Å². The Morgan fingerprint density at radius 3 is 2.77 bits per heavy atom. The summed E-state index contributed by atoms with van der Waals surface area (Å²) in [5.74, 6) is -0.584. The fourth-order valence-electron chi connectivity index (χ4n) is 4.67. The highest BCUT2D eigenvalue weighted by atomic mass is 32.1. The summed E-state index contributed by atoms with van der Waals surface area (Å²) in [6.45, 7) is 0.212. The number of alkyl halides is 3. The lowest BCUT2D eigenvalue weighted by Crippen LogP contribution is -2.46. The van der Waals surface area contributed by atoms with Crippen molar-refractivity contribution >= 4 is 29.0 Å². The van der Waals surface area contributed by atoms with E-state index in [2.05, 4.69) is 30.7 Å². The Balaban J connectivity index is 1.29. The molecule has 5 rings (SSSR count). The molecule has 14 heteroatoms. The quantitative estimate of drug-likeness (QED) is 0.480. The van der Waals surface area contributed by atoms with Gasteiger partial charge in [-0.05, 0) is 12.5 Å². The van der Waals surface area contributed by atoms with Crippen molar-refractivity contribution in [2.45, 2.75) is 36.7 Å². The van der Waals surface area contributed by atoms with Gasteiger partial charge in [0.15, 0.2) is 5.82 Å². The zero-order chi connectivity index (χ0) is 25.0. The average molecular weight is 509 g/mol. The molecule has 4 atom stereocenters. The van der Waals surface area contributed by atoms with E-state index in [9.17, 15) is 23.1 Å². The number of carbonyl (C=O) groups is 1. The number of thiazole rings is 1. The molecule has 3 N–H and O–H groups in total. The molecule has 3 aromatic rings. The Morgan fingerprint density at radius 1 is 1.29 bits per heavy atom. The normalized spacial score (nSPS) is 27.1. The number of carbonyl (C=O) groups excluding carboxylic acids is 1. The highest BCUT2D eigenvalue weighted by molar-refractivity contribution is 7.13. The van der Waals surface area contributed by atoms with E-state index < -0.39 is 36.1 Å². The second-order valence-corrected chi connectivity index (χ2v) is 9.70. The Kier molecular flexibility index (Phi) is 5.76. The van der Waals surface area contributed by atoms with Crippen LogP contribution in [0.2, 0.25) is 0 Å². The molecule has 2 fully saturated rings. The third-order valence-corrected chi connectivity index (χ3v) is 7.44. The van der Waals surface area contributed by atoms with Gasteiger partial charge >= 0.3 is 6.18 Å². The van der Waals surface area contributed by atoms with E-state index in [4.69, 9.17) is 0 Å². The van der Waals surface area contributed by atoms with E-state index in [1.54, 1.807) is 36.3 Å². The maximum atomic E-state index is 13.3. The van der Waals surface area contributed by atoms with Gasteiger partial charge in [0.25, 0.3) is 5.91 Å². The summed E-state index contributed by atoms with van der Waals surface area (Å²) in [5, 5.41) is 23.9. The van der Waals surface area contributed by atoms with E-state index in [-0.39, 0.29) is 12.6 Å². The Labute approximate surface area is 202 Å². The number of amides is 1. The van der Waals surface area contributed by atoms with Crippen LogP contribution in [0.1, 0.15) is 24.6 Å². The minimum Gasteiger partial charge on any atom is -0.380 e. The number of hydrogen-bond donors (Lipinski definition) is 3. The van der Waals surface area contributed by atoms with Crippen molar-refractivity contribution < 1.29 is 23.1 Å². The van der Waals surface area contributed by atoms with Gasteiger partial charge in [0.2, 0.25) is 5.95 Å². The summed E-state index contributed by atoms with van der Waals surface area (Å²) in [7, 11) is 2.89. The first-order valence-corrected chi connectivity index (χ1v) is 11.8. The predicted octanol–water partition coefficient (Wildman–Crippen LogP) is 2.25. The molecule has 0 aliphatic carbocycles. The lowest BCUT2D eigenvalue weighted by Gasteiger charge is -2.26. The molecule has 0 saturated carbocycles. The lowest BCUT2D eigenvalue weighted by molar-refractivity contribution is -0.177. The highest BCUT2D eigenvalue weighted by Gasteiger charge is 2.61. The molecule has 2 saturated heterocycles. The van der Waals surface area contributed by atoms with Crippen molar-refractivity contribution in [2.75, 3.05) is 18.9 Å². The second-order valence-electron chi connectivity index (χ2n) is 8.84. The van der Waals surface area contributed by atoms with Gasteiger partial charge in [0.05, 0.1) is 11.7 Å². The topological polar surface area (TPSA) is 121 Å². The number of aliphatic hydroxyl groups is 1. The molecule has 0 spiro atoms. The zero-order valence-corrected chi connectivity index (χ0v) is 19.6. The SMILES string of the molecule is CN1C(=O)C(O)(C2CNC(c3csc(-c4ccnc(Nc5ccn(C)n5)n4)n3)C2)CC1C(F)(F)F. The third kappa shape index (κ3) is 4.36. The molecule has 0 aromatic carbocycles. The van der Waals surface area contributed by atoms with Crippen molar-refractivity contribution in [1.82, 2.24) is 34.9 Å². The lowest BCUT2D eigenvalue weighted by atomic mass is 9.82. The van der Waals surface area contributed by atoms with Crippen LogP contribution in [-0.4, -0.2) is 72.1 Å². The molecule has 1 amide bonds. The Hall–Kier alpha value is -3.10. The van der Waals surface area contributed by atoms with Gasteiger partial charge in [-0.1, -0.05) is 0 Å². The number of likely N-dealkylation sites (tertiary alicyclic amines) is 1. The molecule has 0 bridgehead atoms. The van der Waals surface area contributed by atoms with Crippen molar-refractivity contribution in [2.24, 2.45) is 13.0 Å². The second kappa shape index (κ2) is 8.53. The fraction of sp³-hybridized carbons (Fsp3) is 0.476. The van der Waals surface area contributed by atoms with Crippen LogP contribution in [-0.2, 0) is 11.8 Å². The standard InChI is InChI=1S/C21H23F3N8O2S/c1-31-6-4-16(30-31)29-19-25-5-3-12(28-19)17-27-14(10-35-17)13-7-11(9-26-13)20(34)8-15(21(22,23)24)32(2)18(20)33/h3-6,10-11,13,15,26,34H,7-9H2,1-2H3,(H,25,28,29,30). The molecule has 10 nitrogen and oxygen atoms in total. The maximum absolute atomic E-state index is 13.3. The molecule has 4 unspecified atom stereocenters. The number of hydrogen-bond acceptors (Lipinski definition) is 9. The maximum Gasteiger partial charge on any atom is 0.408 e. The van der Waals surface area contributed by atoms with Gasteiger partial charge in [0.1, 0.15) is 22.3 Å². The molecule has 186 valence electrons. The minimum absolute atomic E-state index is 0.212. The fourth-order valence-corrected chi connectivity index (χ4v) is 5.51. The van der Waals surface area contributed by atoms with Crippen LogP contribution in [0.25, 0.3) is 10.7 Å². The van der Waals surface area contributed by atoms with Crippen molar-refractivity contribution in [1.29, 1.82) is 0 Å². The van der Waals surface area contributed by atoms with Gasteiger partial charge in [0, 0.05) is 56.8 Å². The monoisotopic (exact) mass is 508 g/mol. The highest BCUT2D eigenvalue weighted by Crippen LogP contribution is 2.45. The minimum atomic E-state index is -4.59. The van der Waals surface area contributed by atoms with Crippen LogP contribution in [0.15, 0.2) is 29.9 Å². The molecule has 35 heavy (non-hydrogen) atoms. The van der Waals surface area contributed by atoms with Crippen LogP contribution in [0.5, 0.6) is 0 Å². The molecule has 2 aliphatic heterocycles. The van der Waals surface area contributed by atoms with E-state index in [0.29, 0.717) is 39.5 Å². The van der Waals surface area contributed by atoms with Gasteiger partial charge in [-0.2, -0.15) is 18.3 Å². The van der Waals surface area contributed by atoms with Crippen LogP contribution >= 0.6 is 11.3 Å². The van der Waals surface area contributed by atoms with E-state index in [1.807, 2.05) is 5.38 Å². The molecule has 2 aliphatic rings. The summed E-state index contributed by atoms with van der Waals surface area (Å²) in [6.07, 6.45) is -1.57. The Morgan fingerprint density at radius 2 is 2.09 bits per heavy atom. The average Bonchev–Trinajstić information content (AvgIpc) is 3.59. The van der Waals surface area contributed by atoms with Crippen LogP contribution < -0.4 is 10.6 Å². The number of rotatable bonds is 5. The van der Waals surface area contributed by atoms with Gasteiger partial charge in [-0.25, -0.2) is 15.0 Å². The largest absolute Gasteiger partial charge is 0.408 e. The number of likely N-dealkylation sites (N-methyl/N-ethyl adjacent to an activating group) is 1.